The topological polar surface area (TPSA) is 64.4 Å². The van der Waals surface area contributed by atoms with Gasteiger partial charge in [-0.2, -0.15) is 0 Å². The number of allylic oxidation sites excluding steroid dienone is 1. The van der Waals surface area contributed by atoms with E-state index < -0.39 is 11.1 Å². The van der Waals surface area contributed by atoms with Crippen LogP contribution in [0.2, 0.25) is 0 Å². The van der Waals surface area contributed by atoms with Gasteiger partial charge in [0.2, 0.25) is 0 Å². The summed E-state index contributed by atoms with van der Waals surface area (Å²) in [6, 6.07) is 0. The van der Waals surface area contributed by atoms with Crippen molar-refractivity contribution in [3.63, 3.8) is 0 Å². The van der Waals surface area contributed by atoms with E-state index in [9.17, 15) is 4.21 Å². The SMILES string of the molecule is CC(=N)N(C=C(C)C)CCS(=O)O. The second-order valence-electron chi connectivity index (χ2n) is 3.01. The quantitative estimate of drug-likeness (QED) is 0.413. The van der Waals surface area contributed by atoms with E-state index in [4.69, 9.17) is 9.96 Å². The molecule has 0 radical (unpaired) electrons. The molecule has 0 aliphatic heterocycles. The predicted octanol–water partition coefficient (Wildman–Crippen LogP) is 1.43. The maximum absolute atomic E-state index is 10.4. The molecule has 0 aliphatic carbocycles. The fraction of sp³-hybridized carbons (Fsp3) is 0.625. The van der Waals surface area contributed by atoms with Crippen molar-refractivity contribution in [2.24, 2.45) is 0 Å². The van der Waals surface area contributed by atoms with Gasteiger partial charge in [0, 0.05) is 12.7 Å². The Bertz CT molecular complexity index is 234. The number of nitrogens with zero attached hydrogens (tertiary/aromatic N) is 1. The highest BCUT2D eigenvalue weighted by molar-refractivity contribution is 7.79. The number of hydrogen-bond donors (Lipinski definition) is 2. The summed E-state index contributed by atoms with van der Waals surface area (Å²) in [5.41, 5.74) is 1.07. The van der Waals surface area contributed by atoms with Gasteiger partial charge in [-0.3, -0.25) is 5.41 Å². The van der Waals surface area contributed by atoms with Crippen LogP contribution in [0.5, 0.6) is 0 Å². The molecule has 1 unspecified atom stereocenters. The molecular formula is C8H16N2O2S. The predicted molar refractivity (Wildman–Crippen MR) is 55.2 cm³/mol. The standard InChI is InChI=1S/C8H16N2O2S/c1-7(2)6-10(8(3)9)4-5-13(11)12/h6,9H,4-5H2,1-3H3,(H,11,12). The van der Waals surface area contributed by atoms with E-state index in [1.807, 2.05) is 13.8 Å². The van der Waals surface area contributed by atoms with Crippen LogP contribution < -0.4 is 0 Å². The highest BCUT2D eigenvalue weighted by Crippen LogP contribution is 1.97. The summed E-state index contributed by atoms with van der Waals surface area (Å²) in [6.07, 6.45) is 1.80. The second kappa shape index (κ2) is 5.88. The van der Waals surface area contributed by atoms with Gasteiger partial charge in [-0.1, -0.05) is 5.57 Å². The fourth-order valence-electron chi connectivity index (χ4n) is 0.817. The Hall–Kier alpha value is -0.680. The van der Waals surface area contributed by atoms with Crippen LogP contribution in [0, 0.1) is 5.41 Å². The first-order chi connectivity index (χ1) is 5.93. The minimum atomic E-state index is -1.79. The van der Waals surface area contributed by atoms with Crippen molar-refractivity contribution in [3.8, 4) is 0 Å². The lowest BCUT2D eigenvalue weighted by atomic mass is 10.3. The van der Waals surface area contributed by atoms with Crippen molar-refractivity contribution >= 4 is 16.9 Å². The van der Waals surface area contributed by atoms with Gasteiger partial charge in [-0.15, -0.1) is 0 Å². The summed E-state index contributed by atoms with van der Waals surface area (Å²) in [5, 5.41) is 7.39. The van der Waals surface area contributed by atoms with Gasteiger partial charge in [-0.05, 0) is 20.8 Å². The number of amidine groups is 1. The van der Waals surface area contributed by atoms with Crippen LogP contribution >= 0.6 is 0 Å². The van der Waals surface area contributed by atoms with Gasteiger partial charge in [0.1, 0.15) is 0 Å². The fourth-order valence-corrected chi connectivity index (χ4v) is 1.17. The third kappa shape index (κ3) is 6.48. The van der Waals surface area contributed by atoms with Crippen LogP contribution in [0.25, 0.3) is 0 Å². The lowest BCUT2D eigenvalue weighted by Gasteiger charge is -2.18. The molecule has 0 saturated carbocycles. The average molecular weight is 204 g/mol. The zero-order valence-electron chi connectivity index (χ0n) is 8.20. The van der Waals surface area contributed by atoms with Crippen molar-refractivity contribution in [1.29, 1.82) is 5.41 Å². The van der Waals surface area contributed by atoms with Crippen molar-refractivity contribution in [2.75, 3.05) is 12.3 Å². The van der Waals surface area contributed by atoms with Crippen molar-refractivity contribution in [2.45, 2.75) is 20.8 Å². The Morgan fingerprint density at radius 3 is 2.38 bits per heavy atom. The number of nitrogens with one attached hydrogen (secondary N) is 1. The van der Waals surface area contributed by atoms with Gasteiger partial charge in [0.25, 0.3) is 0 Å². The first-order valence-corrected chi connectivity index (χ1v) is 5.25. The molecule has 0 heterocycles. The van der Waals surface area contributed by atoms with Crippen molar-refractivity contribution in [1.82, 2.24) is 4.90 Å². The molecule has 76 valence electrons. The normalized spacial score (nSPS) is 12.0. The summed E-state index contributed by atoms with van der Waals surface area (Å²) in [6.45, 7) is 5.90. The minimum absolute atomic E-state index is 0.167. The molecule has 0 rings (SSSR count). The summed E-state index contributed by atoms with van der Waals surface area (Å²) in [4.78, 5) is 1.66. The molecule has 0 aromatic rings. The van der Waals surface area contributed by atoms with Crippen LogP contribution in [0.3, 0.4) is 0 Å². The highest BCUT2D eigenvalue weighted by atomic mass is 32.2. The molecule has 0 spiro atoms. The van der Waals surface area contributed by atoms with Gasteiger partial charge in [-0.25, -0.2) is 4.21 Å². The Labute approximate surface area is 81.4 Å². The summed E-state index contributed by atoms with van der Waals surface area (Å²) < 4.78 is 19.0. The van der Waals surface area contributed by atoms with E-state index in [0.717, 1.165) is 5.57 Å². The third-order valence-electron chi connectivity index (χ3n) is 1.35. The zero-order chi connectivity index (χ0) is 10.4. The molecule has 13 heavy (non-hydrogen) atoms. The minimum Gasteiger partial charge on any atom is -0.336 e. The van der Waals surface area contributed by atoms with Crippen LogP contribution in [-0.2, 0) is 11.1 Å². The second-order valence-corrected chi connectivity index (χ2v) is 4.06. The molecule has 1 atom stereocenters. The van der Waals surface area contributed by atoms with Crippen molar-refractivity contribution < 1.29 is 8.76 Å². The van der Waals surface area contributed by atoms with E-state index in [1.165, 1.54) is 0 Å². The molecular weight excluding hydrogens is 188 g/mol. The van der Waals surface area contributed by atoms with Gasteiger partial charge in [0.15, 0.2) is 11.1 Å². The molecule has 0 aromatic carbocycles. The lowest BCUT2D eigenvalue weighted by Crippen LogP contribution is -2.27. The zero-order valence-corrected chi connectivity index (χ0v) is 9.02. The monoisotopic (exact) mass is 204 g/mol. The van der Waals surface area contributed by atoms with E-state index in [1.54, 1.807) is 18.0 Å². The molecule has 0 fully saturated rings. The summed E-state index contributed by atoms with van der Waals surface area (Å²) in [7, 11) is 0. The van der Waals surface area contributed by atoms with Crippen LogP contribution in [0.15, 0.2) is 11.8 Å². The molecule has 0 amide bonds. The molecule has 0 saturated heterocycles. The van der Waals surface area contributed by atoms with Crippen LogP contribution in [0.1, 0.15) is 20.8 Å². The smallest absolute Gasteiger partial charge is 0.154 e. The molecule has 5 heteroatoms. The van der Waals surface area contributed by atoms with E-state index >= 15 is 0 Å². The molecule has 0 bridgehead atoms. The largest absolute Gasteiger partial charge is 0.336 e. The first kappa shape index (κ1) is 12.3. The Kier molecular flexibility index (Phi) is 5.57. The Morgan fingerprint density at radius 2 is 2.08 bits per heavy atom. The summed E-state index contributed by atoms with van der Waals surface area (Å²) in [5.74, 6) is 0.548. The van der Waals surface area contributed by atoms with Crippen LogP contribution in [0.4, 0.5) is 0 Å². The molecule has 2 N–H and O–H groups in total. The lowest BCUT2D eigenvalue weighted by molar-refractivity contribution is 0.537. The highest BCUT2D eigenvalue weighted by Gasteiger charge is 2.03. The van der Waals surface area contributed by atoms with Crippen molar-refractivity contribution in [3.05, 3.63) is 11.8 Å². The first-order valence-electron chi connectivity index (χ1n) is 3.97. The van der Waals surface area contributed by atoms with E-state index in [-0.39, 0.29) is 5.75 Å². The van der Waals surface area contributed by atoms with E-state index in [0.29, 0.717) is 12.4 Å². The molecule has 4 nitrogen and oxygen atoms in total. The van der Waals surface area contributed by atoms with E-state index in [2.05, 4.69) is 0 Å². The van der Waals surface area contributed by atoms with Crippen LogP contribution in [-0.4, -0.2) is 31.8 Å². The summed E-state index contributed by atoms with van der Waals surface area (Å²) >= 11 is -1.79. The molecule has 0 aliphatic rings. The Balaban J connectivity index is 4.19. The Morgan fingerprint density at radius 1 is 1.54 bits per heavy atom. The number of rotatable bonds is 4. The van der Waals surface area contributed by atoms with Gasteiger partial charge >= 0.3 is 0 Å². The number of hydrogen-bond acceptors (Lipinski definition) is 2. The maximum atomic E-state index is 10.4. The van der Waals surface area contributed by atoms with Gasteiger partial charge in [0.05, 0.1) is 11.6 Å². The van der Waals surface area contributed by atoms with Gasteiger partial charge < -0.3 is 9.45 Å². The average Bonchev–Trinajstić information content (AvgIpc) is 1.96. The third-order valence-corrected chi connectivity index (χ3v) is 1.88. The molecule has 0 aromatic heterocycles. The maximum Gasteiger partial charge on any atom is 0.154 e.